The number of amides is 1. The van der Waals surface area contributed by atoms with Crippen LogP contribution in [0.2, 0.25) is 0 Å². The summed E-state index contributed by atoms with van der Waals surface area (Å²) in [6, 6.07) is 18.9. The molecule has 0 spiro atoms. The smallest absolute Gasteiger partial charge is 0.251 e. The molecule has 1 fully saturated rings. The van der Waals surface area contributed by atoms with E-state index in [1.54, 1.807) is 0 Å². The van der Waals surface area contributed by atoms with E-state index < -0.39 is 0 Å². The van der Waals surface area contributed by atoms with Crippen LogP contribution in [0.1, 0.15) is 48.2 Å². The first-order chi connectivity index (χ1) is 12.6. The Hall–Kier alpha value is -2.13. The fourth-order valence-corrected chi connectivity index (χ4v) is 3.78. The van der Waals surface area contributed by atoms with Crippen LogP contribution in [0, 0.1) is 5.92 Å². The highest BCUT2D eigenvalue weighted by Crippen LogP contribution is 2.19. The summed E-state index contributed by atoms with van der Waals surface area (Å²) in [7, 11) is 0. The van der Waals surface area contributed by atoms with Crippen molar-refractivity contribution in [1.82, 2.24) is 10.2 Å². The van der Waals surface area contributed by atoms with Gasteiger partial charge in [-0.1, -0.05) is 48.5 Å². The molecule has 3 heteroatoms. The summed E-state index contributed by atoms with van der Waals surface area (Å²) in [4.78, 5) is 15.3. The molecule has 138 valence electrons. The van der Waals surface area contributed by atoms with Crippen LogP contribution in [-0.4, -0.2) is 36.5 Å². The average Bonchev–Trinajstić information content (AvgIpc) is 2.67. The molecule has 1 amide bonds. The van der Waals surface area contributed by atoms with Gasteiger partial charge in [-0.2, -0.15) is 0 Å². The molecule has 0 aromatic heterocycles. The van der Waals surface area contributed by atoms with Crippen LogP contribution in [0.3, 0.4) is 0 Å². The van der Waals surface area contributed by atoms with Crippen molar-refractivity contribution in [2.24, 2.45) is 5.92 Å². The van der Waals surface area contributed by atoms with Crippen LogP contribution < -0.4 is 5.32 Å². The molecular weight excluding hydrogens is 320 g/mol. The van der Waals surface area contributed by atoms with Crippen molar-refractivity contribution >= 4 is 5.91 Å². The molecule has 0 aliphatic carbocycles. The highest BCUT2D eigenvalue weighted by Gasteiger charge is 2.22. The third-order valence-corrected chi connectivity index (χ3v) is 5.33. The second-order valence-electron chi connectivity index (χ2n) is 7.63. The van der Waals surface area contributed by atoms with Gasteiger partial charge in [0.1, 0.15) is 0 Å². The van der Waals surface area contributed by atoms with E-state index in [0.717, 1.165) is 30.6 Å². The van der Waals surface area contributed by atoms with Gasteiger partial charge in [-0.25, -0.2) is 0 Å². The predicted octanol–water partition coefficient (Wildman–Crippen LogP) is 4.13. The first-order valence-electron chi connectivity index (χ1n) is 9.77. The Bertz CT molecular complexity index is 711. The summed E-state index contributed by atoms with van der Waals surface area (Å²) in [5.41, 5.74) is 3.11. The predicted molar refractivity (Wildman–Crippen MR) is 107 cm³/mol. The third-order valence-electron chi connectivity index (χ3n) is 5.33. The monoisotopic (exact) mass is 350 g/mol. The van der Waals surface area contributed by atoms with Gasteiger partial charge >= 0.3 is 0 Å². The molecule has 1 aliphatic heterocycles. The van der Waals surface area contributed by atoms with Gasteiger partial charge in [-0.15, -0.1) is 0 Å². The van der Waals surface area contributed by atoms with Gasteiger partial charge in [0.25, 0.3) is 5.91 Å². The molecule has 1 aliphatic rings. The van der Waals surface area contributed by atoms with Crippen molar-refractivity contribution in [2.45, 2.75) is 39.2 Å². The molecule has 1 saturated heterocycles. The highest BCUT2D eigenvalue weighted by atomic mass is 16.1. The lowest BCUT2D eigenvalue weighted by molar-refractivity contribution is 0.0922. The van der Waals surface area contributed by atoms with Crippen LogP contribution in [0.15, 0.2) is 54.6 Å². The second kappa shape index (κ2) is 9.00. The van der Waals surface area contributed by atoms with Crippen molar-refractivity contribution in [1.29, 1.82) is 0 Å². The van der Waals surface area contributed by atoms with Crippen LogP contribution in [-0.2, 0) is 6.42 Å². The number of carbonyl (C=O) groups is 1. The lowest BCUT2D eigenvalue weighted by Gasteiger charge is -2.35. The first-order valence-corrected chi connectivity index (χ1v) is 9.77. The van der Waals surface area contributed by atoms with Gasteiger partial charge in [0.05, 0.1) is 0 Å². The van der Waals surface area contributed by atoms with Gasteiger partial charge in [-0.3, -0.25) is 4.79 Å². The van der Waals surface area contributed by atoms with Crippen molar-refractivity contribution in [3.63, 3.8) is 0 Å². The average molecular weight is 351 g/mol. The largest absolute Gasteiger partial charge is 0.352 e. The summed E-state index contributed by atoms with van der Waals surface area (Å²) in [5.74, 6) is 0.606. The van der Waals surface area contributed by atoms with Crippen molar-refractivity contribution < 1.29 is 4.79 Å². The van der Waals surface area contributed by atoms with E-state index in [-0.39, 0.29) is 5.91 Å². The second-order valence-corrected chi connectivity index (χ2v) is 7.63. The van der Waals surface area contributed by atoms with E-state index in [1.807, 2.05) is 36.4 Å². The number of likely N-dealkylation sites (tertiary alicyclic amines) is 1. The number of nitrogens with zero attached hydrogens (tertiary/aromatic N) is 1. The Balaban J connectivity index is 1.61. The van der Waals surface area contributed by atoms with E-state index >= 15 is 0 Å². The van der Waals surface area contributed by atoms with Gasteiger partial charge in [-0.05, 0) is 62.8 Å². The molecule has 0 bridgehead atoms. The molecule has 3 rings (SSSR count). The maximum Gasteiger partial charge on any atom is 0.251 e. The normalized spacial score (nSPS) is 18.0. The van der Waals surface area contributed by atoms with E-state index in [4.69, 9.17) is 0 Å². The molecule has 1 heterocycles. The summed E-state index contributed by atoms with van der Waals surface area (Å²) >= 11 is 0. The maximum absolute atomic E-state index is 12.8. The van der Waals surface area contributed by atoms with Gasteiger partial charge in [0.2, 0.25) is 0 Å². The molecule has 2 aromatic rings. The zero-order chi connectivity index (χ0) is 18.4. The number of nitrogens with one attached hydrogen (secondary N) is 1. The minimum absolute atomic E-state index is 0.0539. The lowest BCUT2D eigenvalue weighted by Crippen LogP contribution is -2.43. The Morgan fingerprint density at radius 2 is 1.85 bits per heavy atom. The highest BCUT2D eigenvalue weighted by molar-refractivity contribution is 5.95. The van der Waals surface area contributed by atoms with E-state index in [0.29, 0.717) is 12.0 Å². The molecule has 1 N–H and O–H groups in total. The number of benzene rings is 2. The molecule has 2 aromatic carbocycles. The Morgan fingerprint density at radius 1 is 1.12 bits per heavy atom. The SMILES string of the molecule is CC(C)N1CCCC(CNC(=O)c2ccccc2Cc2ccccc2)C1. The molecule has 3 nitrogen and oxygen atoms in total. The van der Waals surface area contributed by atoms with E-state index in [9.17, 15) is 4.79 Å². The Morgan fingerprint density at radius 3 is 2.62 bits per heavy atom. The van der Waals surface area contributed by atoms with Crippen LogP contribution in [0.5, 0.6) is 0 Å². The first kappa shape index (κ1) is 18.7. The van der Waals surface area contributed by atoms with Gasteiger partial charge in [0, 0.05) is 24.7 Å². The molecule has 0 saturated carbocycles. The van der Waals surface area contributed by atoms with Gasteiger partial charge < -0.3 is 10.2 Å². The van der Waals surface area contributed by atoms with Gasteiger partial charge in [0.15, 0.2) is 0 Å². The number of carbonyl (C=O) groups excluding carboxylic acids is 1. The summed E-state index contributed by atoms with van der Waals surface area (Å²) < 4.78 is 0. The zero-order valence-corrected chi connectivity index (χ0v) is 15.9. The lowest BCUT2D eigenvalue weighted by atomic mass is 9.96. The summed E-state index contributed by atoms with van der Waals surface area (Å²) in [5, 5.41) is 3.19. The third kappa shape index (κ3) is 4.95. The molecule has 0 radical (unpaired) electrons. The quantitative estimate of drug-likeness (QED) is 0.850. The van der Waals surface area contributed by atoms with E-state index in [2.05, 4.69) is 42.3 Å². The molecule has 1 atom stereocenters. The van der Waals surface area contributed by atoms with E-state index in [1.165, 1.54) is 24.9 Å². The Kier molecular flexibility index (Phi) is 6.45. The number of hydrogen-bond donors (Lipinski definition) is 1. The standard InChI is InChI=1S/C23H30N2O/c1-18(2)25-14-8-11-20(17-25)16-24-23(26)22-13-7-6-12-21(22)15-19-9-4-3-5-10-19/h3-7,9-10,12-13,18,20H,8,11,14-17H2,1-2H3,(H,24,26). The molecular formula is C23H30N2O. The number of rotatable bonds is 6. The maximum atomic E-state index is 12.8. The zero-order valence-electron chi connectivity index (χ0n) is 15.9. The van der Waals surface area contributed by atoms with Crippen molar-refractivity contribution in [3.8, 4) is 0 Å². The summed E-state index contributed by atoms with van der Waals surface area (Å²) in [6.07, 6.45) is 3.22. The van der Waals surface area contributed by atoms with Crippen molar-refractivity contribution in [3.05, 3.63) is 71.3 Å². The fraction of sp³-hybridized carbons (Fsp3) is 0.435. The minimum atomic E-state index is 0.0539. The van der Waals surface area contributed by atoms with Crippen LogP contribution >= 0.6 is 0 Å². The molecule has 26 heavy (non-hydrogen) atoms. The number of piperidine rings is 1. The summed E-state index contributed by atoms with van der Waals surface area (Å²) in [6.45, 7) is 7.54. The fourth-order valence-electron chi connectivity index (χ4n) is 3.78. The Labute approximate surface area is 157 Å². The number of hydrogen-bond acceptors (Lipinski definition) is 2. The van der Waals surface area contributed by atoms with Crippen LogP contribution in [0.4, 0.5) is 0 Å². The van der Waals surface area contributed by atoms with Crippen molar-refractivity contribution in [2.75, 3.05) is 19.6 Å². The molecule has 1 unspecified atom stereocenters. The van der Waals surface area contributed by atoms with Crippen LogP contribution in [0.25, 0.3) is 0 Å². The topological polar surface area (TPSA) is 32.3 Å². The minimum Gasteiger partial charge on any atom is -0.352 e.